The van der Waals surface area contributed by atoms with E-state index in [9.17, 15) is 13.2 Å². The fourth-order valence-electron chi connectivity index (χ4n) is 2.05. The number of hydrogen-bond donors (Lipinski definition) is 0. The number of nitrogens with zero attached hydrogens (tertiary/aromatic N) is 1. The van der Waals surface area contributed by atoms with E-state index in [1.165, 1.54) is 12.3 Å². The maximum absolute atomic E-state index is 11.8. The standard InChI is InChI=1S/C15H10BrNO4S/c1-22(19,20)11-4-3-10(17-8-11)7-14-13-6-9(16)2-5-12(13)15(18)21-14/h2-8H,1H3/b14-7-. The van der Waals surface area contributed by atoms with Crippen molar-refractivity contribution in [3.05, 3.63) is 57.8 Å². The van der Waals surface area contributed by atoms with Gasteiger partial charge in [0.1, 0.15) is 5.76 Å². The first-order chi connectivity index (χ1) is 10.3. The van der Waals surface area contributed by atoms with Gasteiger partial charge >= 0.3 is 5.97 Å². The van der Waals surface area contributed by atoms with Gasteiger partial charge in [-0.05, 0) is 30.3 Å². The number of sulfone groups is 1. The Morgan fingerprint density at radius 3 is 2.59 bits per heavy atom. The maximum atomic E-state index is 11.8. The molecule has 1 aliphatic heterocycles. The van der Waals surface area contributed by atoms with Crippen LogP contribution in [-0.2, 0) is 14.6 Å². The van der Waals surface area contributed by atoms with E-state index in [1.54, 1.807) is 30.3 Å². The van der Waals surface area contributed by atoms with E-state index in [0.717, 1.165) is 10.7 Å². The fraction of sp³-hybridized carbons (Fsp3) is 0.0667. The van der Waals surface area contributed by atoms with Gasteiger partial charge in [-0.15, -0.1) is 0 Å². The number of ether oxygens (including phenoxy) is 1. The predicted molar refractivity (Wildman–Crippen MR) is 84.8 cm³/mol. The molecule has 2 aromatic rings. The van der Waals surface area contributed by atoms with Crippen LogP contribution in [0.15, 0.2) is 45.9 Å². The summed E-state index contributed by atoms with van der Waals surface area (Å²) >= 11 is 3.35. The van der Waals surface area contributed by atoms with Crippen molar-refractivity contribution in [1.29, 1.82) is 0 Å². The number of hydrogen-bond acceptors (Lipinski definition) is 5. The van der Waals surface area contributed by atoms with Gasteiger partial charge in [-0.2, -0.15) is 0 Å². The van der Waals surface area contributed by atoms with E-state index in [2.05, 4.69) is 20.9 Å². The lowest BCUT2D eigenvalue weighted by molar-refractivity contribution is 0.0717. The molecule has 0 N–H and O–H groups in total. The minimum absolute atomic E-state index is 0.140. The van der Waals surface area contributed by atoms with Crippen molar-refractivity contribution in [2.75, 3.05) is 6.26 Å². The molecule has 0 bridgehead atoms. The summed E-state index contributed by atoms with van der Waals surface area (Å²) in [6.07, 6.45) is 4.00. The van der Waals surface area contributed by atoms with Gasteiger partial charge in [-0.25, -0.2) is 13.2 Å². The van der Waals surface area contributed by atoms with Gasteiger partial charge in [-0.1, -0.05) is 15.9 Å². The highest BCUT2D eigenvalue weighted by atomic mass is 79.9. The normalized spacial score (nSPS) is 15.7. The van der Waals surface area contributed by atoms with E-state index in [4.69, 9.17) is 4.74 Å². The van der Waals surface area contributed by atoms with Crippen LogP contribution in [0.5, 0.6) is 0 Å². The number of rotatable bonds is 2. The lowest BCUT2D eigenvalue weighted by atomic mass is 10.1. The molecule has 3 rings (SSSR count). The molecule has 1 aliphatic rings. The number of cyclic esters (lactones) is 1. The van der Waals surface area contributed by atoms with E-state index in [-0.39, 0.29) is 4.90 Å². The average molecular weight is 380 g/mol. The van der Waals surface area contributed by atoms with Crippen molar-refractivity contribution < 1.29 is 17.9 Å². The molecular weight excluding hydrogens is 370 g/mol. The van der Waals surface area contributed by atoms with Crippen molar-refractivity contribution in [1.82, 2.24) is 4.98 Å². The van der Waals surface area contributed by atoms with E-state index < -0.39 is 15.8 Å². The summed E-state index contributed by atoms with van der Waals surface area (Å²) in [6, 6.07) is 8.27. The second-order valence-electron chi connectivity index (χ2n) is 4.78. The number of esters is 1. The molecular formula is C15H10BrNO4S. The first kappa shape index (κ1) is 14.9. The summed E-state index contributed by atoms with van der Waals surface area (Å²) in [6.45, 7) is 0. The number of aromatic nitrogens is 1. The zero-order chi connectivity index (χ0) is 15.9. The molecule has 0 saturated heterocycles. The quantitative estimate of drug-likeness (QED) is 0.750. The summed E-state index contributed by atoms with van der Waals surface area (Å²) in [5.74, 6) is -0.0255. The van der Waals surface area contributed by atoms with E-state index in [0.29, 0.717) is 22.6 Å². The van der Waals surface area contributed by atoms with Gasteiger partial charge in [-0.3, -0.25) is 4.98 Å². The van der Waals surface area contributed by atoms with Gasteiger partial charge in [0, 0.05) is 28.6 Å². The molecule has 0 saturated carbocycles. The Bertz CT molecular complexity index is 902. The van der Waals surface area contributed by atoms with Crippen LogP contribution >= 0.6 is 15.9 Å². The molecule has 5 nitrogen and oxygen atoms in total. The second-order valence-corrected chi connectivity index (χ2v) is 7.71. The Hall–Kier alpha value is -1.99. The maximum Gasteiger partial charge on any atom is 0.344 e. The van der Waals surface area contributed by atoms with Crippen LogP contribution in [0.2, 0.25) is 0 Å². The van der Waals surface area contributed by atoms with Crippen LogP contribution in [0.1, 0.15) is 21.6 Å². The molecule has 0 fully saturated rings. The predicted octanol–water partition coefficient (Wildman–Crippen LogP) is 2.92. The molecule has 1 aromatic heterocycles. The van der Waals surface area contributed by atoms with Gasteiger partial charge in [0.15, 0.2) is 9.84 Å². The molecule has 0 spiro atoms. The minimum atomic E-state index is -3.28. The largest absolute Gasteiger partial charge is 0.422 e. The first-order valence-corrected chi connectivity index (χ1v) is 8.93. The first-order valence-electron chi connectivity index (χ1n) is 6.24. The van der Waals surface area contributed by atoms with Crippen LogP contribution in [0, 0.1) is 0 Å². The second kappa shape index (κ2) is 5.33. The number of benzene rings is 1. The number of pyridine rings is 1. The summed E-state index contributed by atoms with van der Waals surface area (Å²) in [5, 5.41) is 0. The van der Waals surface area contributed by atoms with Crippen molar-refractivity contribution in [2.24, 2.45) is 0 Å². The van der Waals surface area contributed by atoms with Gasteiger partial charge in [0.2, 0.25) is 0 Å². The SMILES string of the molecule is CS(=O)(=O)c1ccc(/C=C2\OC(=O)c3ccc(Br)cc32)nc1. The molecule has 7 heteroatoms. The monoisotopic (exact) mass is 379 g/mol. The van der Waals surface area contributed by atoms with Crippen molar-refractivity contribution in [3.63, 3.8) is 0 Å². The highest BCUT2D eigenvalue weighted by Crippen LogP contribution is 2.33. The highest BCUT2D eigenvalue weighted by molar-refractivity contribution is 9.10. The molecule has 0 atom stereocenters. The minimum Gasteiger partial charge on any atom is -0.422 e. The third-order valence-electron chi connectivity index (χ3n) is 3.14. The Morgan fingerprint density at radius 1 is 1.18 bits per heavy atom. The molecule has 0 aliphatic carbocycles. The molecule has 22 heavy (non-hydrogen) atoms. The van der Waals surface area contributed by atoms with Gasteiger partial charge in [0.05, 0.1) is 16.2 Å². The van der Waals surface area contributed by atoms with Crippen molar-refractivity contribution in [3.8, 4) is 0 Å². The Morgan fingerprint density at radius 2 is 1.95 bits per heavy atom. The van der Waals surface area contributed by atoms with E-state index >= 15 is 0 Å². The number of fused-ring (bicyclic) bond motifs is 1. The third-order valence-corrected chi connectivity index (χ3v) is 4.73. The van der Waals surface area contributed by atoms with Crippen LogP contribution in [0.25, 0.3) is 11.8 Å². The zero-order valence-electron chi connectivity index (χ0n) is 11.4. The van der Waals surface area contributed by atoms with Crippen LogP contribution in [0.4, 0.5) is 0 Å². The zero-order valence-corrected chi connectivity index (χ0v) is 13.8. The Labute approximate surface area is 135 Å². The lowest BCUT2D eigenvalue weighted by Gasteiger charge is -2.01. The Kier molecular flexibility index (Phi) is 3.62. The number of carbonyl (C=O) groups excluding carboxylic acids is 1. The number of halogens is 1. The molecule has 2 heterocycles. The topological polar surface area (TPSA) is 73.3 Å². The molecule has 0 amide bonds. The Balaban J connectivity index is 2.01. The average Bonchev–Trinajstić information content (AvgIpc) is 2.74. The van der Waals surface area contributed by atoms with Crippen molar-refractivity contribution in [2.45, 2.75) is 4.90 Å². The molecule has 1 aromatic carbocycles. The fourth-order valence-corrected chi connectivity index (χ4v) is 2.97. The van der Waals surface area contributed by atoms with Crippen molar-refractivity contribution >= 4 is 43.6 Å². The smallest absolute Gasteiger partial charge is 0.344 e. The summed E-state index contributed by atoms with van der Waals surface area (Å²) in [5.41, 5.74) is 1.67. The molecule has 0 unspecified atom stereocenters. The van der Waals surface area contributed by atoms with Gasteiger partial charge in [0.25, 0.3) is 0 Å². The van der Waals surface area contributed by atoms with Crippen LogP contribution < -0.4 is 0 Å². The summed E-state index contributed by atoms with van der Waals surface area (Å²) in [4.78, 5) is 16.0. The van der Waals surface area contributed by atoms with Crippen LogP contribution in [0.3, 0.4) is 0 Å². The molecule has 0 radical (unpaired) electrons. The summed E-state index contributed by atoms with van der Waals surface area (Å²) in [7, 11) is -3.28. The van der Waals surface area contributed by atoms with Crippen LogP contribution in [-0.4, -0.2) is 25.6 Å². The highest BCUT2D eigenvalue weighted by Gasteiger charge is 2.26. The van der Waals surface area contributed by atoms with Gasteiger partial charge < -0.3 is 4.74 Å². The third kappa shape index (κ3) is 2.82. The lowest BCUT2D eigenvalue weighted by Crippen LogP contribution is -1.98. The summed E-state index contributed by atoms with van der Waals surface area (Å²) < 4.78 is 28.9. The molecule has 112 valence electrons. The van der Waals surface area contributed by atoms with E-state index in [1.807, 2.05) is 0 Å². The number of carbonyl (C=O) groups is 1.